The molecular formula is C30H47N3O6. The van der Waals surface area contributed by atoms with Crippen molar-refractivity contribution >= 4 is 12.0 Å². The Bertz CT molecular complexity index is 947. The van der Waals surface area contributed by atoms with E-state index in [1.807, 2.05) is 28.0 Å². The number of benzene rings is 1. The zero-order valence-corrected chi connectivity index (χ0v) is 24.2. The number of carbonyl (C=O) groups is 2. The average molecular weight is 546 g/mol. The van der Waals surface area contributed by atoms with E-state index >= 15 is 0 Å². The minimum Gasteiger partial charge on any atom is -0.493 e. The monoisotopic (exact) mass is 545 g/mol. The third-order valence-corrected chi connectivity index (χ3v) is 8.05. The molecule has 1 aromatic rings. The van der Waals surface area contributed by atoms with E-state index < -0.39 is 0 Å². The Hall–Kier alpha value is -2.36. The number of amides is 2. The van der Waals surface area contributed by atoms with Gasteiger partial charge in [-0.3, -0.25) is 4.79 Å². The van der Waals surface area contributed by atoms with Gasteiger partial charge in [0.1, 0.15) is 11.9 Å². The maximum Gasteiger partial charge on any atom is 0.410 e. The first-order chi connectivity index (χ1) is 18.9. The molecule has 9 nitrogen and oxygen atoms in total. The van der Waals surface area contributed by atoms with Crippen LogP contribution >= 0.6 is 0 Å². The number of hydrogen-bond acceptors (Lipinski definition) is 7. The van der Waals surface area contributed by atoms with E-state index in [4.69, 9.17) is 18.9 Å². The molecule has 2 heterocycles. The summed E-state index contributed by atoms with van der Waals surface area (Å²) in [5.74, 6) is 1.30. The molecule has 0 unspecified atom stereocenters. The number of ether oxygens (including phenoxy) is 4. The number of carbonyl (C=O) groups excluding carboxylic acids is 2. The fourth-order valence-corrected chi connectivity index (χ4v) is 5.49. The van der Waals surface area contributed by atoms with Crippen LogP contribution in [0.2, 0.25) is 0 Å². The van der Waals surface area contributed by atoms with Crippen LogP contribution in [0.5, 0.6) is 5.75 Å². The van der Waals surface area contributed by atoms with Crippen molar-refractivity contribution in [3.05, 3.63) is 29.3 Å². The third-order valence-electron chi connectivity index (χ3n) is 8.05. The molecule has 0 spiro atoms. The molecule has 39 heavy (non-hydrogen) atoms. The standard InChI is InChI=1S/C30H47N3O6/c1-5-22-7-8-23(15-28(22)38-13-6-12-36-4)29(34)32(21(2)3)18-24-16-31-17-25(24)19-33(26-9-10-26)30(35)39-27-11-14-37-20-27/h7-8,15,21,24-27,31H,5-6,9-14,16-20H2,1-4H3/t24-,25-,27+/m0/s1. The second kappa shape index (κ2) is 14.3. The van der Waals surface area contributed by atoms with E-state index in [0.29, 0.717) is 45.1 Å². The van der Waals surface area contributed by atoms with Gasteiger partial charge < -0.3 is 34.1 Å². The number of nitrogens with zero attached hydrogens (tertiary/aromatic N) is 2. The second-order valence-electron chi connectivity index (χ2n) is 11.4. The molecule has 2 amide bonds. The van der Waals surface area contributed by atoms with Crippen LogP contribution in [0.15, 0.2) is 18.2 Å². The summed E-state index contributed by atoms with van der Waals surface area (Å²) < 4.78 is 22.3. The zero-order valence-electron chi connectivity index (χ0n) is 24.2. The van der Waals surface area contributed by atoms with Gasteiger partial charge >= 0.3 is 6.09 Å². The van der Waals surface area contributed by atoms with Gasteiger partial charge in [-0.1, -0.05) is 13.0 Å². The summed E-state index contributed by atoms with van der Waals surface area (Å²) in [6.45, 7) is 11.5. The number of nitrogens with one attached hydrogen (secondary N) is 1. The second-order valence-corrected chi connectivity index (χ2v) is 11.4. The van der Waals surface area contributed by atoms with E-state index in [1.165, 1.54) is 0 Å². The van der Waals surface area contributed by atoms with E-state index in [9.17, 15) is 9.59 Å². The van der Waals surface area contributed by atoms with Gasteiger partial charge in [-0.15, -0.1) is 0 Å². The first-order valence-corrected chi connectivity index (χ1v) is 14.7. The Morgan fingerprint density at radius 2 is 1.87 bits per heavy atom. The molecule has 0 bridgehead atoms. The smallest absolute Gasteiger partial charge is 0.410 e. The average Bonchev–Trinajstić information content (AvgIpc) is 3.45. The fourth-order valence-electron chi connectivity index (χ4n) is 5.49. The molecule has 4 rings (SSSR count). The van der Waals surface area contributed by atoms with Crippen LogP contribution in [-0.2, 0) is 20.6 Å². The topological polar surface area (TPSA) is 89.6 Å². The van der Waals surface area contributed by atoms with Gasteiger partial charge in [0.25, 0.3) is 5.91 Å². The van der Waals surface area contributed by atoms with Crippen molar-refractivity contribution in [3.8, 4) is 5.75 Å². The Labute approximate surface area is 233 Å². The highest BCUT2D eigenvalue weighted by Crippen LogP contribution is 2.32. The van der Waals surface area contributed by atoms with Gasteiger partial charge in [0.05, 0.1) is 19.8 Å². The predicted molar refractivity (Wildman–Crippen MR) is 149 cm³/mol. The summed E-state index contributed by atoms with van der Waals surface area (Å²) in [6, 6.07) is 6.13. The van der Waals surface area contributed by atoms with Crippen molar-refractivity contribution in [1.82, 2.24) is 15.1 Å². The molecule has 1 aliphatic carbocycles. The molecule has 1 aromatic carbocycles. The summed E-state index contributed by atoms with van der Waals surface area (Å²) in [6.07, 6.45) is 4.10. The SMILES string of the molecule is CCc1ccc(C(=O)N(C[C@@H]2CNC[C@H]2CN(C(=O)O[C@@H]2CCOC2)C2CC2)C(C)C)cc1OCCCOC. The van der Waals surface area contributed by atoms with Gasteiger partial charge in [0.2, 0.25) is 0 Å². The minimum absolute atomic E-state index is 0.0136. The predicted octanol–water partition coefficient (Wildman–Crippen LogP) is 3.74. The van der Waals surface area contributed by atoms with Crippen LogP contribution in [0, 0.1) is 11.8 Å². The lowest BCUT2D eigenvalue weighted by atomic mass is 9.94. The van der Waals surface area contributed by atoms with Crippen LogP contribution < -0.4 is 10.1 Å². The number of rotatable bonds is 14. The Balaban J connectivity index is 1.41. The van der Waals surface area contributed by atoms with Crippen molar-refractivity contribution in [1.29, 1.82) is 0 Å². The number of methoxy groups -OCH3 is 1. The first-order valence-electron chi connectivity index (χ1n) is 14.7. The molecule has 1 saturated carbocycles. The van der Waals surface area contributed by atoms with E-state index in [-0.39, 0.29) is 42.0 Å². The Kier molecular flexibility index (Phi) is 10.9. The molecular weight excluding hydrogens is 498 g/mol. The molecule has 218 valence electrons. The van der Waals surface area contributed by atoms with Crippen molar-refractivity contribution in [2.45, 2.75) is 71.1 Å². The Morgan fingerprint density at radius 3 is 2.51 bits per heavy atom. The summed E-state index contributed by atoms with van der Waals surface area (Å²) in [4.78, 5) is 30.7. The largest absolute Gasteiger partial charge is 0.493 e. The van der Waals surface area contributed by atoms with Crippen LogP contribution in [0.1, 0.15) is 62.4 Å². The molecule has 2 aliphatic heterocycles. The molecule has 0 radical (unpaired) electrons. The van der Waals surface area contributed by atoms with E-state index in [1.54, 1.807) is 7.11 Å². The van der Waals surface area contributed by atoms with Crippen LogP contribution in [0.25, 0.3) is 0 Å². The highest BCUT2D eigenvalue weighted by molar-refractivity contribution is 5.95. The van der Waals surface area contributed by atoms with Gasteiger partial charge in [-0.25, -0.2) is 4.79 Å². The fraction of sp³-hybridized carbons (Fsp3) is 0.733. The summed E-state index contributed by atoms with van der Waals surface area (Å²) in [5.41, 5.74) is 1.74. The Morgan fingerprint density at radius 1 is 1.10 bits per heavy atom. The molecule has 2 saturated heterocycles. The summed E-state index contributed by atoms with van der Waals surface area (Å²) in [7, 11) is 1.68. The van der Waals surface area contributed by atoms with Crippen LogP contribution in [-0.4, -0.2) is 99.7 Å². The zero-order chi connectivity index (χ0) is 27.8. The molecule has 1 N–H and O–H groups in total. The van der Waals surface area contributed by atoms with Crippen LogP contribution in [0.4, 0.5) is 4.79 Å². The molecule has 9 heteroatoms. The third kappa shape index (κ3) is 8.08. The summed E-state index contributed by atoms with van der Waals surface area (Å²) in [5, 5.41) is 3.51. The minimum atomic E-state index is -0.218. The quantitative estimate of drug-likeness (QED) is 0.356. The lowest BCUT2D eigenvalue weighted by molar-refractivity contribution is 0.0454. The van der Waals surface area contributed by atoms with Gasteiger partial charge in [0.15, 0.2) is 0 Å². The van der Waals surface area contributed by atoms with E-state index in [0.717, 1.165) is 56.5 Å². The van der Waals surface area contributed by atoms with Crippen LogP contribution in [0.3, 0.4) is 0 Å². The van der Waals surface area contributed by atoms with Gasteiger partial charge in [-0.05, 0) is 62.6 Å². The van der Waals surface area contributed by atoms with Crippen molar-refractivity contribution < 1.29 is 28.5 Å². The van der Waals surface area contributed by atoms with E-state index in [2.05, 4.69) is 26.1 Å². The van der Waals surface area contributed by atoms with Crippen molar-refractivity contribution in [3.63, 3.8) is 0 Å². The molecule has 0 aromatic heterocycles. The molecule has 3 aliphatic rings. The number of aryl methyl sites for hydroxylation is 1. The van der Waals surface area contributed by atoms with Crippen molar-refractivity contribution in [2.75, 3.05) is 59.7 Å². The first kappa shape index (κ1) is 29.6. The number of hydrogen-bond donors (Lipinski definition) is 1. The molecule has 3 fully saturated rings. The maximum absolute atomic E-state index is 13.8. The molecule has 3 atom stereocenters. The lowest BCUT2D eigenvalue weighted by Gasteiger charge is -2.33. The van der Waals surface area contributed by atoms with Gasteiger partial charge in [0, 0.05) is 70.4 Å². The summed E-state index contributed by atoms with van der Waals surface area (Å²) >= 11 is 0. The van der Waals surface area contributed by atoms with Crippen molar-refractivity contribution in [2.24, 2.45) is 11.8 Å². The normalized spacial score (nSPS) is 22.7. The van der Waals surface area contributed by atoms with Gasteiger partial charge in [-0.2, -0.15) is 0 Å². The maximum atomic E-state index is 13.8. The highest BCUT2D eigenvalue weighted by atomic mass is 16.6. The highest BCUT2D eigenvalue weighted by Gasteiger charge is 2.40. The lowest BCUT2D eigenvalue weighted by Crippen LogP contribution is -2.45.